The van der Waals surface area contributed by atoms with Crippen LogP contribution in [0.1, 0.15) is 20.8 Å². The molecule has 7 nitrogen and oxygen atoms in total. The third-order valence-electron chi connectivity index (χ3n) is 4.80. The Morgan fingerprint density at radius 1 is 1.27 bits per heavy atom. The van der Waals surface area contributed by atoms with Gasteiger partial charge >= 0.3 is 5.92 Å². The molecule has 0 spiro atoms. The van der Waals surface area contributed by atoms with Crippen LogP contribution in [0.2, 0.25) is 0 Å². The highest BCUT2D eigenvalue weighted by Crippen LogP contribution is 2.23. The number of ether oxygens (including phenoxy) is 1. The van der Waals surface area contributed by atoms with Gasteiger partial charge in [0, 0.05) is 31.6 Å². The maximum Gasteiger partial charge on any atom is 0.321 e. The van der Waals surface area contributed by atoms with E-state index in [-0.39, 0.29) is 18.1 Å². The minimum absolute atomic E-state index is 0.0555. The SMILES string of the molecule is CC(C)C(COc1ccc2c(cnn2-c2ccc(=O)n(C)c2)c1)NC(=O)C(C)(F)F. The zero-order valence-electron chi connectivity index (χ0n) is 17.2. The molecule has 3 rings (SSSR count). The molecular weight excluding hydrogens is 394 g/mol. The Balaban J connectivity index is 1.77. The number of carbonyl (C=O) groups is 1. The van der Waals surface area contributed by atoms with Crippen LogP contribution in [0.4, 0.5) is 8.78 Å². The van der Waals surface area contributed by atoms with Crippen molar-refractivity contribution in [2.75, 3.05) is 6.61 Å². The Labute approximate surface area is 172 Å². The molecule has 0 aliphatic heterocycles. The number of halogens is 2. The molecule has 9 heteroatoms. The third kappa shape index (κ3) is 4.67. The summed E-state index contributed by atoms with van der Waals surface area (Å²) < 4.78 is 35.3. The monoisotopic (exact) mass is 418 g/mol. The summed E-state index contributed by atoms with van der Waals surface area (Å²) in [5, 5.41) is 7.53. The number of alkyl halides is 2. The zero-order valence-corrected chi connectivity index (χ0v) is 17.2. The second kappa shape index (κ2) is 8.25. The summed E-state index contributed by atoms with van der Waals surface area (Å²) in [7, 11) is 1.67. The molecule has 1 amide bonds. The molecule has 2 heterocycles. The van der Waals surface area contributed by atoms with Crippen LogP contribution in [0.15, 0.2) is 47.5 Å². The van der Waals surface area contributed by atoms with E-state index in [9.17, 15) is 18.4 Å². The van der Waals surface area contributed by atoms with Gasteiger partial charge in [-0.2, -0.15) is 13.9 Å². The summed E-state index contributed by atoms with van der Waals surface area (Å²) >= 11 is 0. The van der Waals surface area contributed by atoms with Crippen LogP contribution in [0.5, 0.6) is 5.75 Å². The van der Waals surface area contributed by atoms with Crippen LogP contribution in [0.25, 0.3) is 16.6 Å². The lowest BCUT2D eigenvalue weighted by atomic mass is 10.1. The van der Waals surface area contributed by atoms with Gasteiger partial charge in [0.1, 0.15) is 12.4 Å². The fourth-order valence-electron chi connectivity index (χ4n) is 2.89. The van der Waals surface area contributed by atoms with E-state index in [0.29, 0.717) is 12.7 Å². The van der Waals surface area contributed by atoms with E-state index in [1.54, 1.807) is 42.3 Å². The first kappa shape index (κ1) is 21.5. The molecule has 2 aromatic heterocycles. The van der Waals surface area contributed by atoms with E-state index < -0.39 is 17.9 Å². The number of nitrogens with one attached hydrogen (secondary N) is 1. The van der Waals surface area contributed by atoms with Crippen molar-refractivity contribution in [1.82, 2.24) is 19.7 Å². The lowest BCUT2D eigenvalue weighted by molar-refractivity contribution is -0.144. The lowest BCUT2D eigenvalue weighted by Crippen LogP contribution is -2.48. The number of aromatic nitrogens is 3. The van der Waals surface area contributed by atoms with Crippen molar-refractivity contribution in [1.29, 1.82) is 0 Å². The molecule has 1 aromatic carbocycles. The molecule has 160 valence electrons. The Bertz CT molecular complexity index is 1120. The standard InChI is InChI=1S/C21H24F2N4O3/c1-13(2)17(25-20(29)21(3,22)23)12-30-16-6-7-18-14(9-16)10-24-27(18)15-5-8-19(28)26(4)11-15/h5-11,13,17H,12H2,1-4H3,(H,25,29). The molecule has 0 aliphatic carbocycles. The van der Waals surface area contributed by atoms with Gasteiger partial charge in [-0.25, -0.2) is 4.68 Å². The van der Waals surface area contributed by atoms with Crippen LogP contribution < -0.4 is 15.6 Å². The number of nitrogens with zero attached hydrogens (tertiary/aromatic N) is 3. The first-order valence-electron chi connectivity index (χ1n) is 9.52. The fraction of sp³-hybridized carbons (Fsp3) is 0.381. The number of hydrogen-bond acceptors (Lipinski definition) is 4. The van der Waals surface area contributed by atoms with Crippen molar-refractivity contribution < 1.29 is 18.3 Å². The third-order valence-corrected chi connectivity index (χ3v) is 4.80. The molecular formula is C21H24F2N4O3. The molecule has 1 unspecified atom stereocenters. The second-order valence-electron chi connectivity index (χ2n) is 7.64. The maximum atomic E-state index is 13.2. The molecule has 0 bridgehead atoms. The highest BCUT2D eigenvalue weighted by Gasteiger charge is 2.34. The van der Waals surface area contributed by atoms with Crippen molar-refractivity contribution >= 4 is 16.8 Å². The first-order chi connectivity index (χ1) is 14.1. The number of hydrogen-bond donors (Lipinski definition) is 1. The number of benzene rings is 1. The average Bonchev–Trinajstić information content (AvgIpc) is 3.09. The minimum Gasteiger partial charge on any atom is -0.491 e. The second-order valence-corrected chi connectivity index (χ2v) is 7.64. The van der Waals surface area contributed by atoms with Crippen LogP contribution in [0.3, 0.4) is 0 Å². The van der Waals surface area contributed by atoms with Gasteiger partial charge in [0.15, 0.2) is 0 Å². The smallest absolute Gasteiger partial charge is 0.321 e. The van der Waals surface area contributed by atoms with Gasteiger partial charge in [0.2, 0.25) is 5.56 Å². The first-order valence-corrected chi connectivity index (χ1v) is 9.52. The van der Waals surface area contributed by atoms with E-state index in [2.05, 4.69) is 10.4 Å². The summed E-state index contributed by atoms with van der Waals surface area (Å²) in [5.74, 6) is -4.32. The minimum atomic E-state index is -3.44. The van der Waals surface area contributed by atoms with Crippen LogP contribution in [-0.2, 0) is 11.8 Å². The molecule has 1 N–H and O–H groups in total. The number of pyridine rings is 1. The summed E-state index contributed by atoms with van der Waals surface area (Å²) in [5.41, 5.74) is 1.45. The predicted molar refractivity (Wildman–Crippen MR) is 109 cm³/mol. The predicted octanol–water partition coefficient (Wildman–Crippen LogP) is 2.90. The molecule has 0 aliphatic rings. The highest BCUT2D eigenvalue weighted by molar-refractivity contribution is 5.83. The number of aryl methyl sites for hydroxylation is 1. The van der Waals surface area contributed by atoms with Crippen molar-refractivity contribution in [3.8, 4) is 11.4 Å². The van der Waals surface area contributed by atoms with Crippen LogP contribution in [-0.4, -0.2) is 38.8 Å². The van der Waals surface area contributed by atoms with Crippen molar-refractivity contribution in [3.05, 3.63) is 53.1 Å². The lowest BCUT2D eigenvalue weighted by Gasteiger charge is -2.24. The summed E-state index contributed by atoms with van der Waals surface area (Å²) in [6.07, 6.45) is 3.37. The maximum absolute atomic E-state index is 13.2. The van der Waals surface area contributed by atoms with E-state index in [1.165, 1.54) is 10.6 Å². The molecule has 0 radical (unpaired) electrons. The van der Waals surface area contributed by atoms with Gasteiger partial charge < -0.3 is 14.6 Å². The quantitative estimate of drug-likeness (QED) is 0.640. The summed E-state index contributed by atoms with van der Waals surface area (Å²) in [4.78, 5) is 23.2. The van der Waals surface area contributed by atoms with E-state index in [0.717, 1.165) is 16.6 Å². The van der Waals surface area contributed by atoms with Crippen LogP contribution in [0, 0.1) is 5.92 Å². The Kier molecular flexibility index (Phi) is 5.91. The van der Waals surface area contributed by atoms with Gasteiger partial charge in [-0.15, -0.1) is 0 Å². The van der Waals surface area contributed by atoms with Crippen molar-refractivity contribution in [2.45, 2.75) is 32.7 Å². The van der Waals surface area contributed by atoms with Gasteiger partial charge in [-0.1, -0.05) is 13.8 Å². The van der Waals surface area contributed by atoms with Crippen molar-refractivity contribution in [3.63, 3.8) is 0 Å². The number of amides is 1. The summed E-state index contributed by atoms with van der Waals surface area (Å²) in [6, 6.07) is 7.96. The van der Waals surface area contributed by atoms with Crippen LogP contribution >= 0.6 is 0 Å². The number of rotatable bonds is 7. The average molecular weight is 418 g/mol. The molecule has 0 fully saturated rings. The molecule has 30 heavy (non-hydrogen) atoms. The van der Waals surface area contributed by atoms with Gasteiger partial charge in [-0.05, 0) is 30.2 Å². The fourth-order valence-corrected chi connectivity index (χ4v) is 2.89. The molecule has 0 saturated heterocycles. The molecule has 3 aromatic rings. The highest BCUT2D eigenvalue weighted by atomic mass is 19.3. The van der Waals surface area contributed by atoms with Crippen molar-refractivity contribution in [2.24, 2.45) is 13.0 Å². The normalized spacial score (nSPS) is 12.9. The van der Waals surface area contributed by atoms with Gasteiger partial charge in [-0.3, -0.25) is 9.59 Å². The molecule has 0 saturated carbocycles. The molecule has 1 atom stereocenters. The Morgan fingerprint density at radius 2 is 2.00 bits per heavy atom. The van der Waals surface area contributed by atoms with E-state index >= 15 is 0 Å². The largest absolute Gasteiger partial charge is 0.491 e. The van der Waals surface area contributed by atoms with E-state index in [4.69, 9.17) is 4.74 Å². The summed E-state index contributed by atoms with van der Waals surface area (Å²) in [6.45, 7) is 4.27. The zero-order chi connectivity index (χ0) is 22.1. The topological polar surface area (TPSA) is 78.2 Å². The van der Waals surface area contributed by atoms with Gasteiger partial charge in [0.05, 0.1) is 23.4 Å². The van der Waals surface area contributed by atoms with Gasteiger partial charge in [0.25, 0.3) is 5.91 Å². The Morgan fingerprint density at radius 3 is 2.63 bits per heavy atom. The van der Waals surface area contributed by atoms with E-state index in [1.807, 2.05) is 19.9 Å². The number of carbonyl (C=O) groups excluding carboxylic acids is 1. The number of fused-ring (bicyclic) bond motifs is 1. The Hall–Kier alpha value is -3.23.